The highest BCUT2D eigenvalue weighted by atomic mass is 35.5. The van der Waals surface area contributed by atoms with Gasteiger partial charge in [-0.05, 0) is 36.8 Å². The summed E-state index contributed by atoms with van der Waals surface area (Å²) < 4.78 is 41.0. The van der Waals surface area contributed by atoms with Crippen LogP contribution in [-0.4, -0.2) is 32.5 Å². The van der Waals surface area contributed by atoms with Crippen molar-refractivity contribution in [3.05, 3.63) is 69.1 Å². The molecule has 0 radical (unpaired) electrons. The standard InChI is InChI=1S/C23H21Cl2F3N6O3/c1-11-8-12(24)9-13(19(35)31-32-21(37)22(2,3)4)17(11)30-20(36)15-10-16(23(26,27)28)33-34(15)18-14(25)6-5-7-29-18/h5-10H,1-4H3,(H,30,36)(H,31,35)(H,32,37). The molecule has 0 aliphatic rings. The number of rotatable bonds is 4. The van der Waals surface area contributed by atoms with Crippen LogP contribution in [0.25, 0.3) is 5.82 Å². The van der Waals surface area contributed by atoms with Crippen molar-refractivity contribution < 1.29 is 27.6 Å². The SMILES string of the molecule is Cc1cc(Cl)cc(C(=O)NNC(=O)C(C)(C)C)c1NC(=O)c1cc(C(F)(F)F)nn1-c1ncccc1Cl. The normalized spacial score (nSPS) is 11.7. The molecule has 0 aliphatic heterocycles. The van der Waals surface area contributed by atoms with Gasteiger partial charge in [0.2, 0.25) is 5.91 Å². The summed E-state index contributed by atoms with van der Waals surface area (Å²) in [7, 11) is 0. The first kappa shape index (κ1) is 27.9. The molecule has 37 heavy (non-hydrogen) atoms. The van der Waals surface area contributed by atoms with Crippen LogP contribution in [0, 0.1) is 12.3 Å². The molecular weight excluding hydrogens is 536 g/mol. The molecule has 3 N–H and O–H groups in total. The lowest BCUT2D eigenvalue weighted by Crippen LogP contribution is -2.46. The molecule has 0 bridgehead atoms. The molecule has 0 aliphatic carbocycles. The second kappa shape index (κ2) is 10.4. The molecule has 2 aromatic heterocycles. The second-order valence-electron chi connectivity index (χ2n) is 8.89. The van der Waals surface area contributed by atoms with E-state index in [4.69, 9.17) is 23.2 Å². The molecule has 3 aromatic rings. The van der Waals surface area contributed by atoms with Gasteiger partial charge in [-0.3, -0.25) is 25.2 Å². The summed E-state index contributed by atoms with van der Waals surface area (Å²) in [5, 5.41) is 6.02. The number of amides is 3. The van der Waals surface area contributed by atoms with E-state index in [1.54, 1.807) is 20.8 Å². The average molecular weight is 557 g/mol. The number of carbonyl (C=O) groups is 3. The minimum Gasteiger partial charge on any atom is -0.320 e. The molecule has 0 saturated carbocycles. The van der Waals surface area contributed by atoms with Crippen molar-refractivity contribution in [2.75, 3.05) is 5.32 Å². The van der Waals surface area contributed by atoms with Gasteiger partial charge in [0, 0.05) is 22.7 Å². The number of anilines is 1. The Kier molecular flexibility index (Phi) is 7.84. The van der Waals surface area contributed by atoms with Crippen molar-refractivity contribution in [1.29, 1.82) is 0 Å². The molecule has 3 rings (SSSR count). The Labute approximate surface area is 219 Å². The molecule has 9 nitrogen and oxygen atoms in total. The van der Waals surface area contributed by atoms with Crippen molar-refractivity contribution >= 4 is 46.6 Å². The first-order valence-electron chi connectivity index (χ1n) is 10.6. The quantitative estimate of drug-likeness (QED) is 0.392. The summed E-state index contributed by atoms with van der Waals surface area (Å²) in [4.78, 5) is 42.1. The molecule has 3 amide bonds. The zero-order valence-corrected chi connectivity index (χ0v) is 21.4. The van der Waals surface area contributed by atoms with E-state index < -0.39 is 40.7 Å². The zero-order chi connectivity index (χ0) is 27.7. The third-order valence-corrected chi connectivity index (χ3v) is 5.44. The number of nitrogens with one attached hydrogen (secondary N) is 3. The van der Waals surface area contributed by atoms with Gasteiger partial charge in [0.1, 0.15) is 5.69 Å². The number of pyridine rings is 1. The maximum absolute atomic E-state index is 13.4. The number of carbonyl (C=O) groups excluding carboxylic acids is 3. The smallest absolute Gasteiger partial charge is 0.320 e. The number of benzene rings is 1. The minimum absolute atomic E-state index is 0.0503. The fourth-order valence-electron chi connectivity index (χ4n) is 3.01. The first-order chi connectivity index (χ1) is 17.1. The summed E-state index contributed by atoms with van der Waals surface area (Å²) >= 11 is 12.2. The van der Waals surface area contributed by atoms with E-state index in [9.17, 15) is 27.6 Å². The van der Waals surface area contributed by atoms with Crippen molar-refractivity contribution in [3.63, 3.8) is 0 Å². The Morgan fingerprint density at radius 2 is 1.68 bits per heavy atom. The Hall–Kier alpha value is -3.64. The summed E-state index contributed by atoms with van der Waals surface area (Å²) in [6.07, 6.45) is -3.59. The van der Waals surface area contributed by atoms with Gasteiger partial charge in [-0.1, -0.05) is 44.0 Å². The van der Waals surface area contributed by atoms with Crippen LogP contribution in [0.1, 0.15) is 52.9 Å². The number of aryl methyl sites for hydroxylation is 1. The van der Waals surface area contributed by atoms with Crippen LogP contribution in [0.5, 0.6) is 0 Å². The Morgan fingerprint density at radius 1 is 1.00 bits per heavy atom. The van der Waals surface area contributed by atoms with E-state index in [0.717, 1.165) is 0 Å². The molecule has 0 spiro atoms. The molecule has 196 valence electrons. The van der Waals surface area contributed by atoms with E-state index in [2.05, 4.69) is 26.3 Å². The van der Waals surface area contributed by atoms with Crippen molar-refractivity contribution in [2.45, 2.75) is 33.9 Å². The second-order valence-corrected chi connectivity index (χ2v) is 9.73. The van der Waals surface area contributed by atoms with Crippen LogP contribution in [0.15, 0.2) is 36.5 Å². The maximum Gasteiger partial charge on any atom is 0.435 e. The van der Waals surface area contributed by atoms with E-state index in [0.29, 0.717) is 16.3 Å². The van der Waals surface area contributed by atoms with Crippen molar-refractivity contribution in [1.82, 2.24) is 25.6 Å². The van der Waals surface area contributed by atoms with Crippen LogP contribution < -0.4 is 16.2 Å². The highest BCUT2D eigenvalue weighted by molar-refractivity contribution is 6.32. The third-order valence-electron chi connectivity index (χ3n) is 4.93. The number of hydrogen-bond donors (Lipinski definition) is 3. The van der Waals surface area contributed by atoms with E-state index in [1.807, 2.05) is 0 Å². The van der Waals surface area contributed by atoms with Gasteiger partial charge in [0.05, 0.1) is 16.3 Å². The van der Waals surface area contributed by atoms with E-state index >= 15 is 0 Å². The third kappa shape index (κ3) is 6.38. The number of halogens is 5. The molecule has 0 unspecified atom stereocenters. The number of hydrazine groups is 1. The number of nitrogens with zero attached hydrogens (tertiary/aromatic N) is 3. The van der Waals surface area contributed by atoms with Gasteiger partial charge in [-0.25, -0.2) is 9.67 Å². The molecule has 0 fully saturated rings. The van der Waals surface area contributed by atoms with Crippen molar-refractivity contribution in [2.24, 2.45) is 5.41 Å². The van der Waals surface area contributed by atoms with Crippen LogP contribution in [0.3, 0.4) is 0 Å². The van der Waals surface area contributed by atoms with E-state index in [1.165, 1.54) is 37.4 Å². The monoisotopic (exact) mass is 556 g/mol. The van der Waals surface area contributed by atoms with Gasteiger partial charge < -0.3 is 5.32 Å². The summed E-state index contributed by atoms with van der Waals surface area (Å²) in [5.41, 5.74) is 1.93. The van der Waals surface area contributed by atoms with Crippen LogP contribution >= 0.6 is 23.2 Å². The minimum atomic E-state index is -4.87. The lowest BCUT2D eigenvalue weighted by molar-refractivity contribution is -0.141. The fourth-order valence-corrected chi connectivity index (χ4v) is 3.48. The molecule has 2 heterocycles. The Bertz CT molecular complexity index is 1380. The largest absolute Gasteiger partial charge is 0.435 e. The number of alkyl halides is 3. The lowest BCUT2D eigenvalue weighted by Gasteiger charge is -2.19. The first-order valence-corrected chi connectivity index (χ1v) is 11.4. The van der Waals surface area contributed by atoms with Crippen LogP contribution in [0.4, 0.5) is 18.9 Å². The average Bonchev–Trinajstić information content (AvgIpc) is 3.24. The molecular formula is C23H21Cl2F3N6O3. The zero-order valence-electron chi connectivity index (χ0n) is 19.9. The maximum atomic E-state index is 13.4. The number of aromatic nitrogens is 3. The highest BCUT2D eigenvalue weighted by Gasteiger charge is 2.37. The fraction of sp³-hybridized carbons (Fsp3) is 0.261. The van der Waals surface area contributed by atoms with Gasteiger partial charge >= 0.3 is 6.18 Å². The molecule has 0 atom stereocenters. The lowest BCUT2D eigenvalue weighted by atomic mass is 9.96. The predicted molar refractivity (Wildman–Crippen MR) is 131 cm³/mol. The molecule has 1 aromatic carbocycles. The van der Waals surface area contributed by atoms with Gasteiger partial charge in [0.25, 0.3) is 11.8 Å². The highest BCUT2D eigenvalue weighted by Crippen LogP contribution is 2.31. The van der Waals surface area contributed by atoms with Gasteiger partial charge in [0.15, 0.2) is 11.5 Å². The molecule has 14 heteroatoms. The van der Waals surface area contributed by atoms with Gasteiger partial charge in [-0.2, -0.15) is 18.3 Å². The molecule has 0 saturated heterocycles. The Balaban J connectivity index is 2.02. The van der Waals surface area contributed by atoms with Gasteiger partial charge in [-0.15, -0.1) is 0 Å². The van der Waals surface area contributed by atoms with Crippen LogP contribution in [-0.2, 0) is 11.0 Å². The van der Waals surface area contributed by atoms with Crippen LogP contribution in [0.2, 0.25) is 10.0 Å². The summed E-state index contributed by atoms with van der Waals surface area (Å²) in [6.45, 7) is 6.43. The van der Waals surface area contributed by atoms with Crippen molar-refractivity contribution in [3.8, 4) is 5.82 Å². The predicted octanol–water partition coefficient (Wildman–Crippen LogP) is 4.96. The summed E-state index contributed by atoms with van der Waals surface area (Å²) in [6, 6.07) is 6.04. The topological polar surface area (TPSA) is 118 Å². The summed E-state index contributed by atoms with van der Waals surface area (Å²) in [5.74, 6) is -2.56. The van der Waals surface area contributed by atoms with E-state index in [-0.39, 0.29) is 27.1 Å². The Morgan fingerprint density at radius 3 is 2.27 bits per heavy atom. The number of hydrogen-bond acceptors (Lipinski definition) is 5.